The van der Waals surface area contributed by atoms with Crippen LogP contribution in [0.2, 0.25) is 0 Å². The normalized spacial score (nSPS) is 14.5. The van der Waals surface area contributed by atoms with Crippen molar-refractivity contribution in [3.8, 4) is 0 Å². The van der Waals surface area contributed by atoms with Gasteiger partial charge in [-0.25, -0.2) is 0 Å². The Balaban J connectivity index is 2.75. The number of alkyl halides is 1. The van der Waals surface area contributed by atoms with Gasteiger partial charge >= 0.3 is 0 Å². The summed E-state index contributed by atoms with van der Waals surface area (Å²) < 4.78 is 4.52. The van der Waals surface area contributed by atoms with E-state index in [9.17, 15) is 0 Å². The molecule has 0 fully saturated rings. The summed E-state index contributed by atoms with van der Waals surface area (Å²) in [5.41, 5.74) is 0. The zero-order valence-electron chi connectivity index (χ0n) is 3.78. The van der Waals surface area contributed by atoms with Crippen molar-refractivity contribution in [3.63, 3.8) is 0 Å². The Bertz CT molecular complexity index is 26.7. The molecule has 0 aliphatic rings. The van der Waals surface area contributed by atoms with E-state index in [-0.39, 0.29) is 6.10 Å². The Labute approximate surface area is 43.3 Å². The maximum Gasteiger partial charge on any atom is 0.0704 e. The monoisotopic (exact) mass is 107 g/mol. The summed E-state index contributed by atoms with van der Waals surface area (Å²) in [6.45, 7) is 1.86. The molecule has 0 saturated heterocycles. The first-order chi connectivity index (χ1) is 2.81. The Morgan fingerprint density at radius 1 is 2.00 bits per heavy atom. The van der Waals surface area contributed by atoms with Crippen LogP contribution in [-0.2, 0) is 4.74 Å². The van der Waals surface area contributed by atoms with Crippen LogP contribution in [0.1, 0.15) is 6.92 Å². The van der Waals surface area contributed by atoms with Crippen LogP contribution in [0.3, 0.4) is 0 Å². The van der Waals surface area contributed by atoms with E-state index in [0.717, 1.165) is 0 Å². The molecule has 2 heteroatoms. The number of rotatable bonds is 2. The van der Waals surface area contributed by atoms with E-state index >= 15 is 0 Å². The van der Waals surface area contributed by atoms with Crippen LogP contribution >= 0.6 is 11.6 Å². The van der Waals surface area contributed by atoms with Crippen molar-refractivity contribution in [3.05, 3.63) is 7.11 Å². The topological polar surface area (TPSA) is 9.23 Å². The van der Waals surface area contributed by atoms with Crippen LogP contribution in [0, 0.1) is 7.11 Å². The molecule has 1 radical (unpaired) electrons. The van der Waals surface area contributed by atoms with E-state index in [1.165, 1.54) is 0 Å². The van der Waals surface area contributed by atoms with Gasteiger partial charge in [0, 0.05) is 5.88 Å². The molecular formula is C4H8ClO. The first kappa shape index (κ1) is 6.25. The Hall–Kier alpha value is 0.250. The largest absolute Gasteiger partial charge is 0.375 e. The van der Waals surface area contributed by atoms with Crippen LogP contribution in [-0.4, -0.2) is 12.0 Å². The van der Waals surface area contributed by atoms with Gasteiger partial charge in [0.15, 0.2) is 0 Å². The van der Waals surface area contributed by atoms with Gasteiger partial charge in [-0.1, -0.05) is 0 Å². The highest BCUT2D eigenvalue weighted by molar-refractivity contribution is 6.18. The molecule has 0 aromatic carbocycles. The second kappa shape index (κ2) is 3.44. The quantitative estimate of drug-likeness (QED) is 0.485. The average molecular weight is 108 g/mol. The van der Waals surface area contributed by atoms with Gasteiger partial charge in [-0.05, 0) is 6.92 Å². The van der Waals surface area contributed by atoms with Crippen molar-refractivity contribution in [2.75, 3.05) is 5.88 Å². The number of hydrogen-bond donors (Lipinski definition) is 0. The number of halogens is 1. The highest BCUT2D eigenvalue weighted by Gasteiger charge is 1.90. The SMILES string of the molecule is [CH2]OC(C)CCl. The summed E-state index contributed by atoms with van der Waals surface area (Å²) >= 11 is 5.29. The third-order valence-corrected chi connectivity index (χ3v) is 0.936. The van der Waals surface area contributed by atoms with Gasteiger partial charge in [0.05, 0.1) is 13.2 Å². The van der Waals surface area contributed by atoms with Crippen molar-refractivity contribution in [1.82, 2.24) is 0 Å². The fourth-order valence-corrected chi connectivity index (χ4v) is 0.134. The fourth-order valence-electron chi connectivity index (χ4n) is 0.0445. The van der Waals surface area contributed by atoms with Gasteiger partial charge in [0.1, 0.15) is 0 Å². The Kier molecular flexibility index (Phi) is 3.58. The highest BCUT2D eigenvalue weighted by atomic mass is 35.5. The summed E-state index contributed by atoms with van der Waals surface area (Å²) in [5, 5.41) is 0. The molecule has 37 valence electrons. The first-order valence-electron chi connectivity index (χ1n) is 1.78. The molecule has 1 atom stereocenters. The van der Waals surface area contributed by atoms with E-state index in [1.807, 2.05) is 6.92 Å². The maximum atomic E-state index is 5.29. The average Bonchev–Trinajstić information content (AvgIpc) is 1.65. The molecule has 0 saturated carbocycles. The van der Waals surface area contributed by atoms with E-state index < -0.39 is 0 Å². The van der Waals surface area contributed by atoms with Gasteiger partial charge in [0.2, 0.25) is 0 Å². The molecule has 0 amide bonds. The summed E-state index contributed by atoms with van der Waals surface area (Å²) in [6, 6.07) is 0. The number of ether oxygens (including phenoxy) is 1. The summed E-state index contributed by atoms with van der Waals surface area (Å²) in [7, 11) is 3.17. The molecule has 0 rings (SSSR count). The molecule has 0 bridgehead atoms. The maximum absolute atomic E-state index is 5.29. The summed E-state index contributed by atoms with van der Waals surface area (Å²) in [5.74, 6) is 0.517. The third-order valence-electron chi connectivity index (χ3n) is 0.502. The molecule has 0 N–H and O–H groups in total. The standard InChI is InChI=1S/C4H8ClO/c1-4(3-5)6-2/h4H,2-3H2,1H3. The van der Waals surface area contributed by atoms with Gasteiger partial charge < -0.3 is 4.74 Å². The van der Waals surface area contributed by atoms with Crippen molar-refractivity contribution >= 4 is 11.6 Å². The Morgan fingerprint density at radius 3 is 2.50 bits per heavy atom. The smallest absolute Gasteiger partial charge is 0.0704 e. The van der Waals surface area contributed by atoms with Crippen molar-refractivity contribution in [2.45, 2.75) is 13.0 Å². The van der Waals surface area contributed by atoms with Gasteiger partial charge in [-0.3, -0.25) is 0 Å². The molecule has 0 aliphatic heterocycles. The van der Waals surface area contributed by atoms with Crippen LogP contribution in [0.15, 0.2) is 0 Å². The summed E-state index contributed by atoms with van der Waals surface area (Å²) in [6.07, 6.45) is 0.0895. The van der Waals surface area contributed by atoms with Gasteiger partial charge in [-0.15, -0.1) is 11.6 Å². The first-order valence-corrected chi connectivity index (χ1v) is 2.31. The number of hydrogen-bond acceptors (Lipinski definition) is 1. The fraction of sp³-hybridized carbons (Fsp3) is 0.750. The van der Waals surface area contributed by atoms with Crippen LogP contribution in [0.5, 0.6) is 0 Å². The minimum Gasteiger partial charge on any atom is -0.375 e. The van der Waals surface area contributed by atoms with Crippen molar-refractivity contribution < 1.29 is 4.74 Å². The lowest BCUT2D eigenvalue weighted by atomic mass is 10.5. The van der Waals surface area contributed by atoms with E-state index in [4.69, 9.17) is 11.6 Å². The van der Waals surface area contributed by atoms with Crippen LogP contribution in [0.25, 0.3) is 0 Å². The minimum absolute atomic E-state index is 0.0895. The zero-order chi connectivity index (χ0) is 4.99. The van der Waals surface area contributed by atoms with Crippen molar-refractivity contribution in [2.24, 2.45) is 0 Å². The van der Waals surface area contributed by atoms with Gasteiger partial charge in [0.25, 0.3) is 0 Å². The second-order valence-electron chi connectivity index (χ2n) is 1.13. The highest BCUT2D eigenvalue weighted by Crippen LogP contribution is 1.89. The summed E-state index contributed by atoms with van der Waals surface area (Å²) in [4.78, 5) is 0. The molecule has 1 unspecified atom stereocenters. The second-order valence-corrected chi connectivity index (χ2v) is 1.44. The lowest BCUT2D eigenvalue weighted by molar-refractivity contribution is 0.175. The van der Waals surface area contributed by atoms with E-state index in [1.54, 1.807) is 0 Å². The molecule has 0 heterocycles. The molecule has 0 aliphatic carbocycles. The molecule has 0 spiro atoms. The third kappa shape index (κ3) is 2.49. The molecule has 1 nitrogen and oxygen atoms in total. The van der Waals surface area contributed by atoms with E-state index in [0.29, 0.717) is 5.88 Å². The predicted molar refractivity (Wildman–Crippen MR) is 26.6 cm³/mol. The predicted octanol–water partition coefficient (Wildman–Crippen LogP) is 1.42. The molecule has 6 heavy (non-hydrogen) atoms. The lowest BCUT2D eigenvalue weighted by Crippen LogP contribution is -2.03. The minimum atomic E-state index is 0.0895. The zero-order valence-corrected chi connectivity index (χ0v) is 4.53. The Morgan fingerprint density at radius 2 is 2.50 bits per heavy atom. The van der Waals surface area contributed by atoms with Gasteiger partial charge in [-0.2, -0.15) is 0 Å². The van der Waals surface area contributed by atoms with Crippen molar-refractivity contribution in [1.29, 1.82) is 0 Å². The molecular weight excluding hydrogens is 99.5 g/mol. The molecule has 0 aromatic heterocycles. The molecule has 0 aromatic rings. The van der Waals surface area contributed by atoms with E-state index in [2.05, 4.69) is 11.8 Å². The van der Waals surface area contributed by atoms with Crippen LogP contribution < -0.4 is 0 Å². The van der Waals surface area contributed by atoms with Crippen LogP contribution in [0.4, 0.5) is 0 Å². The lowest BCUT2D eigenvalue weighted by Gasteiger charge is -1.99.